The van der Waals surface area contributed by atoms with Gasteiger partial charge in [-0.2, -0.15) is 0 Å². The number of hydrogen-bond donors (Lipinski definition) is 2. The van der Waals surface area contributed by atoms with Gasteiger partial charge in [-0.3, -0.25) is 0 Å². The first-order valence-electron chi connectivity index (χ1n) is 8.93. The zero-order valence-electron chi connectivity index (χ0n) is 15.2. The highest BCUT2D eigenvalue weighted by atomic mass is 15.1. The molecule has 0 radical (unpaired) electrons. The number of aryl methyl sites for hydroxylation is 2. The molecule has 0 saturated carbocycles. The number of benzene rings is 3. The highest BCUT2D eigenvalue weighted by molar-refractivity contribution is 5.88. The van der Waals surface area contributed by atoms with Gasteiger partial charge in [0.15, 0.2) is 0 Å². The number of hydrogen-bond acceptors (Lipinski definition) is 3. The predicted octanol–water partition coefficient (Wildman–Crippen LogP) is 5.17. The minimum absolute atomic E-state index is 0.737. The lowest BCUT2D eigenvalue weighted by molar-refractivity contribution is 0.959. The van der Waals surface area contributed by atoms with Gasteiger partial charge in [0.05, 0.1) is 22.1 Å². The molecule has 5 rings (SSSR count). The lowest BCUT2D eigenvalue weighted by atomic mass is 10.1. The van der Waals surface area contributed by atoms with Crippen molar-refractivity contribution in [3.05, 3.63) is 72.3 Å². The van der Waals surface area contributed by atoms with Gasteiger partial charge in [0, 0.05) is 18.3 Å². The summed E-state index contributed by atoms with van der Waals surface area (Å²) in [5.41, 5.74) is 7.29. The second kappa shape index (κ2) is 5.99. The van der Waals surface area contributed by atoms with Crippen LogP contribution in [0.3, 0.4) is 0 Å². The van der Waals surface area contributed by atoms with E-state index < -0.39 is 0 Å². The van der Waals surface area contributed by atoms with Crippen molar-refractivity contribution in [1.82, 2.24) is 19.5 Å². The van der Waals surface area contributed by atoms with Crippen molar-refractivity contribution in [2.75, 3.05) is 5.32 Å². The Hall–Kier alpha value is -3.60. The van der Waals surface area contributed by atoms with Gasteiger partial charge >= 0.3 is 0 Å². The van der Waals surface area contributed by atoms with E-state index in [1.54, 1.807) is 0 Å². The maximum Gasteiger partial charge on any atom is 0.205 e. The van der Waals surface area contributed by atoms with E-state index >= 15 is 0 Å². The number of aromatic amines is 1. The van der Waals surface area contributed by atoms with Crippen molar-refractivity contribution in [3.8, 4) is 11.4 Å². The zero-order chi connectivity index (χ0) is 18.4. The van der Waals surface area contributed by atoms with E-state index in [-0.39, 0.29) is 0 Å². The molecule has 0 aliphatic heterocycles. The fraction of sp³-hybridized carbons (Fsp3) is 0.0909. The van der Waals surface area contributed by atoms with Crippen LogP contribution in [0.2, 0.25) is 0 Å². The number of aromatic nitrogens is 4. The first kappa shape index (κ1) is 15.6. The summed E-state index contributed by atoms with van der Waals surface area (Å²) in [5.74, 6) is 1.69. The van der Waals surface area contributed by atoms with Crippen LogP contribution in [-0.2, 0) is 7.05 Å². The summed E-state index contributed by atoms with van der Waals surface area (Å²) in [6.45, 7) is 2.08. The summed E-state index contributed by atoms with van der Waals surface area (Å²) < 4.78 is 2.13. The Labute approximate surface area is 156 Å². The molecule has 0 fully saturated rings. The van der Waals surface area contributed by atoms with Crippen LogP contribution < -0.4 is 5.32 Å². The monoisotopic (exact) mass is 353 g/mol. The van der Waals surface area contributed by atoms with Crippen molar-refractivity contribution >= 4 is 33.7 Å². The van der Waals surface area contributed by atoms with Gasteiger partial charge in [0.2, 0.25) is 5.95 Å². The average molecular weight is 353 g/mol. The van der Waals surface area contributed by atoms with Crippen molar-refractivity contribution in [2.24, 2.45) is 7.05 Å². The Morgan fingerprint density at radius 1 is 0.926 bits per heavy atom. The number of imidazole rings is 2. The molecule has 0 atom stereocenters. The molecule has 0 saturated heterocycles. The van der Waals surface area contributed by atoms with Crippen LogP contribution in [0.5, 0.6) is 0 Å². The number of para-hydroxylation sites is 3. The van der Waals surface area contributed by atoms with E-state index in [1.807, 2.05) is 48.5 Å². The molecule has 2 aromatic heterocycles. The number of nitrogens with one attached hydrogen (secondary N) is 2. The first-order valence-corrected chi connectivity index (χ1v) is 8.93. The average Bonchev–Trinajstić information content (AvgIpc) is 3.24. The second-order valence-corrected chi connectivity index (χ2v) is 6.75. The summed E-state index contributed by atoms with van der Waals surface area (Å²) in [6, 6.07) is 22.5. The number of anilines is 2. The molecule has 5 aromatic rings. The third-order valence-corrected chi connectivity index (χ3v) is 4.86. The Morgan fingerprint density at radius 2 is 1.70 bits per heavy atom. The minimum Gasteiger partial charge on any atom is -0.327 e. The minimum atomic E-state index is 0.737. The third-order valence-electron chi connectivity index (χ3n) is 4.86. The summed E-state index contributed by atoms with van der Waals surface area (Å²) in [7, 11) is 2.06. The van der Waals surface area contributed by atoms with E-state index in [2.05, 4.69) is 47.0 Å². The Bertz CT molecular complexity index is 1260. The van der Waals surface area contributed by atoms with E-state index in [9.17, 15) is 0 Å². The Kier molecular flexibility index (Phi) is 3.47. The Balaban J connectivity index is 1.61. The highest BCUT2D eigenvalue weighted by Gasteiger charge is 2.13. The van der Waals surface area contributed by atoms with Crippen LogP contribution in [-0.4, -0.2) is 19.5 Å². The van der Waals surface area contributed by atoms with Gasteiger partial charge in [0.1, 0.15) is 5.82 Å². The lowest BCUT2D eigenvalue weighted by Crippen LogP contribution is -1.93. The van der Waals surface area contributed by atoms with Crippen LogP contribution in [0.25, 0.3) is 33.5 Å². The molecule has 27 heavy (non-hydrogen) atoms. The standard InChI is InChI=1S/C22H19N5/c1-14-12-15(21-24-17-10-6-7-11-19(17)27(21)2)13-18-20(14)26-22(25-18)23-16-8-4-3-5-9-16/h3-13H,1-2H3,(H2,23,25,26). The number of rotatable bonds is 3. The van der Waals surface area contributed by atoms with E-state index in [0.29, 0.717) is 0 Å². The third kappa shape index (κ3) is 2.64. The van der Waals surface area contributed by atoms with E-state index in [1.165, 1.54) is 0 Å². The Morgan fingerprint density at radius 3 is 2.52 bits per heavy atom. The molecular weight excluding hydrogens is 334 g/mol. The molecule has 132 valence electrons. The summed E-state index contributed by atoms with van der Waals surface area (Å²) >= 11 is 0. The molecule has 0 amide bonds. The molecule has 5 heteroatoms. The molecule has 0 aliphatic rings. The van der Waals surface area contributed by atoms with Gasteiger partial charge in [0.25, 0.3) is 0 Å². The van der Waals surface area contributed by atoms with Gasteiger partial charge in [-0.1, -0.05) is 30.3 Å². The van der Waals surface area contributed by atoms with Crippen LogP contribution in [0.4, 0.5) is 11.6 Å². The lowest BCUT2D eigenvalue weighted by Gasteiger charge is -2.04. The highest BCUT2D eigenvalue weighted by Crippen LogP contribution is 2.29. The van der Waals surface area contributed by atoms with Crippen molar-refractivity contribution in [2.45, 2.75) is 6.92 Å². The number of H-pyrrole nitrogens is 1. The number of fused-ring (bicyclic) bond motifs is 2. The van der Waals surface area contributed by atoms with E-state index in [4.69, 9.17) is 9.97 Å². The summed E-state index contributed by atoms with van der Waals surface area (Å²) in [5, 5.41) is 3.33. The fourth-order valence-corrected chi connectivity index (χ4v) is 3.54. The molecule has 0 spiro atoms. The fourth-order valence-electron chi connectivity index (χ4n) is 3.54. The predicted molar refractivity (Wildman–Crippen MR) is 110 cm³/mol. The van der Waals surface area contributed by atoms with Crippen molar-refractivity contribution < 1.29 is 0 Å². The molecule has 5 nitrogen and oxygen atoms in total. The molecule has 3 aromatic carbocycles. The van der Waals surface area contributed by atoms with Gasteiger partial charge in [-0.15, -0.1) is 0 Å². The van der Waals surface area contributed by atoms with Crippen molar-refractivity contribution in [3.63, 3.8) is 0 Å². The molecular formula is C22H19N5. The molecule has 0 aliphatic carbocycles. The van der Waals surface area contributed by atoms with Gasteiger partial charge < -0.3 is 14.9 Å². The van der Waals surface area contributed by atoms with Crippen LogP contribution in [0, 0.1) is 6.92 Å². The normalized spacial score (nSPS) is 11.3. The maximum absolute atomic E-state index is 4.82. The second-order valence-electron chi connectivity index (χ2n) is 6.75. The SMILES string of the molecule is Cc1cc(-c2nc3ccccc3n2C)cc2[nH]c(Nc3ccccc3)nc12. The first-order chi connectivity index (χ1) is 13.2. The topological polar surface area (TPSA) is 58.5 Å². The van der Waals surface area contributed by atoms with Crippen LogP contribution >= 0.6 is 0 Å². The zero-order valence-corrected chi connectivity index (χ0v) is 15.2. The quantitative estimate of drug-likeness (QED) is 0.470. The molecule has 2 N–H and O–H groups in total. The molecule has 0 bridgehead atoms. The smallest absolute Gasteiger partial charge is 0.205 e. The maximum atomic E-state index is 4.82. The summed E-state index contributed by atoms with van der Waals surface area (Å²) in [6.07, 6.45) is 0. The van der Waals surface area contributed by atoms with Crippen LogP contribution in [0.1, 0.15) is 5.56 Å². The van der Waals surface area contributed by atoms with Crippen LogP contribution in [0.15, 0.2) is 66.7 Å². The number of nitrogens with zero attached hydrogens (tertiary/aromatic N) is 3. The molecule has 0 unspecified atom stereocenters. The van der Waals surface area contributed by atoms with E-state index in [0.717, 1.165) is 50.7 Å². The summed E-state index contributed by atoms with van der Waals surface area (Å²) in [4.78, 5) is 12.9. The van der Waals surface area contributed by atoms with Crippen molar-refractivity contribution in [1.29, 1.82) is 0 Å². The van der Waals surface area contributed by atoms with Gasteiger partial charge in [-0.05, 0) is 48.9 Å². The molecule has 2 heterocycles. The largest absolute Gasteiger partial charge is 0.327 e. The van der Waals surface area contributed by atoms with Gasteiger partial charge in [-0.25, -0.2) is 9.97 Å².